The van der Waals surface area contributed by atoms with E-state index in [1.54, 1.807) is 11.3 Å². The van der Waals surface area contributed by atoms with Gasteiger partial charge in [0.1, 0.15) is 5.84 Å². The molecule has 1 heterocycles. The molecule has 0 aromatic carbocycles. The van der Waals surface area contributed by atoms with Gasteiger partial charge in [-0.2, -0.15) is 0 Å². The fraction of sp³-hybridized carbons (Fsp3) is 0.250. The predicted molar refractivity (Wildman–Crippen MR) is 61.9 cm³/mol. The van der Waals surface area contributed by atoms with E-state index in [0.29, 0.717) is 6.54 Å². The van der Waals surface area contributed by atoms with E-state index in [9.17, 15) is 4.79 Å². The lowest BCUT2D eigenvalue weighted by Crippen LogP contribution is -2.27. The van der Waals surface area contributed by atoms with E-state index in [1.807, 2.05) is 11.4 Å². The van der Waals surface area contributed by atoms with Crippen LogP contribution in [0.3, 0.4) is 0 Å². The second-order valence-corrected chi connectivity index (χ2v) is 4.69. The Morgan fingerprint density at radius 3 is 3.00 bits per heavy atom. The van der Waals surface area contributed by atoms with E-state index in [-0.39, 0.29) is 18.2 Å². The maximum absolute atomic E-state index is 11.2. The molecule has 0 radical (unpaired) electrons. The molecule has 0 aliphatic rings. The number of carbonyl (C=O) groups is 1. The first kappa shape index (κ1) is 12.0. The number of oxime groups is 1. The van der Waals surface area contributed by atoms with Crippen molar-refractivity contribution in [2.45, 2.75) is 13.0 Å². The number of hydrogen-bond acceptors (Lipinski definition) is 4. The molecule has 5 nitrogen and oxygen atoms in total. The van der Waals surface area contributed by atoms with Crippen LogP contribution < -0.4 is 11.1 Å². The van der Waals surface area contributed by atoms with Crippen molar-refractivity contribution < 1.29 is 10.0 Å². The topological polar surface area (TPSA) is 87.7 Å². The Hall–Kier alpha value is -1.08. The first-order valence-corrected chi connectivity index (χ1v) is 5.75. The molecular weight excluding hydrogens is 282 g/mol. The molecular formula is C8H10BrN3O2S. The normalized spacial score (nSPS) is 11.4. The number of nitrogens with two attached hydrogens (primary N) is 1. The third-order valence-corrected chi connectivity index (χ3v) is 3.25. The summed E-state index contributed by atoms with van der Waals surface area (Å²) in [6.45, 7) is 0.452. The van der Waals surface area contributed by atoms with Crippen LogP contribution in [0.4, 0.5) is 0 Å². The standard InChI is InChI=1S/C8H10BrN3O2S/c9-5-1-6(15-4-5)3-11-8(13)2-7(10)12-14/h1,4,14H,2-3H2,(H2,10,12)(H,11,13). The molecule has 0 atom stereocenters. The van der Waals surface area contributed by atoms with Gasteiger partial charge in [-0.05, 0) is 22.0 Å². The van der Waals surface area contributed by atoms with Gasteiger partial charge in [-0.15, -0.1) is 11.3 Å². The molecule has 0 fully saturated rings. The van der Waals surface area contributed by atoms with E-state index in [4.69, 9.17) is 10.9 Å². The molecule has 82 valence electrons. The van der Waals surface area contributed by atoms with Crippen LogP contribution in [0.25, 0.3) is 0 Å². The number of rotatable bonds is 4. The minimum atomic E-state index is -0.269. The Labute approximate surface area is 99.1 Å². The van der Waals surface area contributed by atoms with Crippen LogP contribution in [0.5, 0.6) is 0 Å². The summed E-state index contributed by atoms with van der Waals surface area (Å²) in [5.41, 5.74) is 5.18. The van der Waals surface area contributed by atoms with Crippen molar-refractivity contribution in [1.82, 2.24) is 5.32 Å². The molecule has 0 bridgehead atoms. The minimum absolute atomic E-state index is 0.0942. The number of hydrogen-bond donors (Lipinski definition) is 3. The Kier molecular flexibility index (Phi) is 4.57. The molecule has 0 saturated heterocycles. The Morgan fingerprint density at radius 2 is 2.47 bits per heavy atom. The maximum Gasteiger partial charge on any atom is 0.227 e. The smallest absolute Gasteiger partial charge is 0.227 e. The lowest BCUT2D eigenvalue weighted by molar-refractivity contribution is -0.120. The fourth-order valence-corrected chi connectivity index (χ4v) is 2.29. The predicted octanol–water partition coefficient (Wildman–Crippen LogP) is 1.26. The molecule has 0 spiro atoms. The zero-order valence-corrected chi connectivity index (χ0v) is 10.1. The summed E-state index contributed by atoms with van der Waals surface area (Å²) >= 11 is 4.86. The van der Waals surface area contributed by atoms with E-state index < -0.39 is 0 Å². The largest absolute Gasteiger partial charge is 0.409 e. The van der Waals surface area contributed by atoms with E-state index in [2.05, 4.69) is 26.4 Å². The van der Waals surface area contributed by atoms with Gasteiger partial charge in [0, 0.05) is 14.7 Å². The molecule has 1 rings (SSSR count). The van der Waals surface area contributed by atoms with E-state index in [0.717, 1.165) is 9.35 Å². The summed E-state index contributed by atoms with van der Waals surface area (Å²) in [4.78, 5) is 12.2. The first-order chi connectivity index (χ1) is 7.11. The lowest BCUT2D eigenvalue weighted by Gasteiger charge is -2.01. The highest BCUT2D eigenvalue weighted by Gasteiger charge is 2.05. The zero-order chi connectivity index (χ0) is 11.3. The van der Waals surface area contributed by atoms with Crippen LogP contribution in [0.1, 0.15) is 11.3 Å². The summed E-state index contributed by atoms with van der Waals surface area (Å²) < 4.78 is 0.994. The molecule has 0 aliphatic carbocycles. The van der Waals surface area contributed by atoms with Gasteiger partial charge in [-0.25, -0.2) is 0 Å². The number of nitrogens with one attached hydrogen (secondary N) is 1. The van der Waals surface area contributed by atoms with Gasteiger partial charge >= 0.3 is 0 Å². The fourth-order valence-electron chi connectivity index (χ4n) is 0.895. The molecule has 0 aliphatic heterocycles. The van der Waals surface area contributed by atoms with Crippen LogP contribution in [0.2, 0.25) is 0 Å². The third kappa shape index (κ3) is 4.30. The molecule has 15 heavy (non-hydrogen) atoms. The van der Waals surface area contributed by atoms with E-state index in [1.165, 1.54) is 0 Å². The zero-order valence-electron chi connectivity index (χ0n) is 7.74. The molecule has 7 heteroatoms. The number of amides is 1. The number of amidine groups is 1. The number of carbonyl (C=O) groups excluding carboxylic acids is 1. The maximum atomic E-state index is 11.2. The summed E-state index contributed by atoms with van der Waals surface area (Å²) in [6.07, 6.45) is -0.0942. The summed E-state index contributed by atoms with van der Waals surface area (Å²) in [6, 6.07) is 1.93. The number of halogens is 1. The highest BCUT2D eigenvalue weighted by atomic mass is 79.9. The molecule has 1 aromatic rings. The van der Waals surface area contributed by atoms with Crippen molar-refractivity contribution in [3.63, 3.8) is 0 Å². The van der Waals surface area contributed by atoms with Crippen molar-refractivity contribution >= 4 is 39.0 Å². The van der Waals surface area contributed by atoms with Crippen LogP contribution in [-0.2, 0) is 11.3 Å². The van der Waals surface area contributed by atoms with Crippen molar-refractivity contribution in [2.24, 2.45) is 10.9 Å². The molecule has 0 saturated carbocycles. The summed E-state index contributed by atoms with van der Waals surface area (Å²) in [5, 5.41) is 15.6. The van der Waals surface area contributed by atoms with Crippen molar-refractivity contribution in [3.05, 3.63) is 20.8 Å². The van der Waals surface area contributed by atoms with Crippen molar-refractivity contribution in [1.29, 1.82) is 0 Å². The second kappa shape index (κ2) is 5.72. The second-order valence-electron chi connectivity index (χ2n) is 2.78. The van der Waals surface area contributed by atoms with Gasteiger partial charge in [0.05, 0.1) is 13.0 Å². The SMILES string of the molecule is NC(CC(=O)NCc1cc(Br)cs1)=NO. The highest BCUT2D eigenvalue weighted by Crippen LogP contribution is 2.19. The van der Waals surface area contributed by atoms with Crippen LogP contribution >= 0.6 is 27.3 Å². The Morgan fingerprint density at radius 1 is 1.73 bits per heavy atom. The molecule has 0 unspecified atom stereocenters. The first-order valence-electron chi connectivity index (χ1n) is 4.08. The lowest BCUT2D eigenvalue weighted by atomic mass is 10.3. The molecule has 4 N–H and O–H groups in total. The Bertz CT molecular complexity index is 378. The van der Waals surface area contributed by atoms with Gasteiger partial charge in [-0.3, -0.25) is 4.79 Å². The van der Waals surface area contributed by atoms with Crippen molar-refractivity contribution in [2.75, 3.05) is 0 Å². The van der Waals surface area contributed by atoms with E-state index >= 15 is 0 Å². The average Bonchev–Trinajstić information content (AvgIpc) is 2.61. The van der Waals surface area contributed by atoms with Gasteiger partial charge in [0.2, 0.25) is 5.91 Å². The van der Waals surface area contributed by atoms with Crippen LogP contribution in [-0.4, -0.2) is 17.0 Å². The Balaban J connectivity index is 2.34. The quantitative estimate of drug-likeness (QED) is 0.338. The number of thiophene rings is 1. The summed E-state index contributed by atoms with van der Waals surface area (Å²) in [7, 11) is 0. The third-order valence-electron chi connectivity index (χ3n) is 1.55. The summed E-state index contributed by atoms with van der Waals surface area (Å²) in [5.74, 6) is -0.366. The van der Waals surface area contributed by atoms with Crippen LogP contribution in [0, 0.1) is 0 Å². The van der Waals surface area contributed by atoms with Crippen LogP contribution in [0.15, 0.2) is 21.1 Å². The monoisotopic (exact) mass is 291 g/mol. The number of nitrogens with zero attached hydrogens (tertiary/aromatic N) is 1. The molecule has 1 amide bonds. The van der Waals surface area contributed by atoms with Crippen molar-refractivity contribution in [3.8, 4) is 0 Å². The minimum Gasteiger partial charge on any atom is -0.409 e. The van der Waals surface area contributed by atoms with Gasteiger partial charge in [0.25, 0.3) is 0 Å². The molecule has 1 aromatic heterocycles. The van der Waals surface area contributed by atoms with Gasteiger partial charge in [0.15, 0.2) is 0 Å². The van der Waals surface area contributed by atoms with Gasteiger partial charge in [-0.1, -0.05) is 5.16 Å². The highest BCUT2D eigenvalue weighted by molar-refractivity contribution is 9.10. The van der Waals surface area contributed by atoms with Gasteiger partial charge < -0.3 is 16.3 Å². The average molecular weight is 292 g/mol.